The number of methoxy groups -OCH3 is 1. The van der Waals surface area contributed by atoms with Crippen LogP contribution in [0.25, 0.3) is 0 Å². The summed E-state index contributed by atoms with van der Waals surface area (Å²) in [5.41, 5.74) is 1.95. The Kier molecular flexibility index (Phi) is 8.53. The Labute approximate surface area is 167 Å². The van der Waals surface area contributed by atoms with Crippen LogP contribution in [0.3, 0.4) is 0 Å². The maximum Gasteiger partial charge on any atom is 0.307 e. The molecule has 0 saturated heterocycles. The fourth-order valence-electron chi connectivity index (χ4n) is 2.79. The average molecular weight is 383 g/mol. The Morgan fingerprint density at radius 1 is 0.964 bits per heavy atom. The van der Waals surface area contributed by atoms with E-state index in [1.165, 1.54) is 7.11 Å². The summed E-state index contributed by atoms with van der Waals surface area (Å²) in [5, 5.41) is 2.96. The molecular weight excluding hydrogens is 354 g/mol. The Hall–Kier alpha value is -2.82. The van der Waals surface area contributed by atoms with Crippen molar-refractivity contribution < 1.29 is 19.1 Å². The van der Waals surface area contributed by atoms with Gasteiger partial charge in [-0.3, -0.25) is 9.59 Å². The van der Waals surface area contributed by atoms with Gasteiger partial charge in [-0.2, -0.15) is 0 Å². The van der Waals surface area contributed by atoms with Gasteiger partial charge in [-0.1, -0.05) is 56.3 Å². The molecule has 0 aliphatic heterocycles. The lowest BCUT2D eigenvalue weighted by Gasteiger charge is -2.18. The highest BCUT2D eigenvalue weighted by Crippen LogP contribution is 2.14. The van der Waals surface area contributed by atoms with E-state index in [0.717, 1.165) is 16.9 Å². The first kappa shape index (κ1) is 21.5. The van der Waals surface area contributed by atoms with Gasteiger partial charge in [-0.25, -0.2) is 0 Å². The van der Waals surface area contributed by atoms with Crippen molar-refractivity contribution in [2.75, 3.05) is 13.7 Å². The summed E-state index contributed by atoms with van der Waals surface area (Å²) < 4.78 is 10.4. The van der Waals surface area contributed by atoms with Crippen LogP contribution in [0.5, 0.6) is 5.75 Å². The third kappa shape index (κ3) is 7.82. The van der Waals surface area contributed by atoms with Gasteiger partial charge in [0.1, 0.15) is 5.75 Å². The number of rotatable bonds is 10. The summed E-state index contributed by atoms with van der Waals surface area (Å²) in [6.07, 6.45) is 0.958. The summed E-state index contributed by atoms with van der Waals surface area (Å²) in [6.45, 7) is 4.85. The highest BCUT2D eigenvalue weighted by atomic mass is 16.5. The number of nitrogens with one attached hydrogen (secondary N) is 1. The first-order chi connectivity index (χ1) is 13.5. The van der Waals surface area contributed by atoms with E-state index in [2.05, 4.69) is 19.2 Å². The molecule has 0 radical (unpaired) electrons. The summed E-state index contributed by atoms with van der Waals surface area (Å²) in [5.74, 6) is 0.792. The van der Waals surface area contributed by atoms with Crippen molar-refractivity contribution >= 4 is 11.9 Å². The molecule has 28 heavy (non-hydrogen) atoms. The standard InChI is InChI=1S/C23H29NO4/c1-17(2)16-28-21-11-9-19(10-12-21)14-22(25)24-20(15-23(26)27-3)13-18-7-5-4-6-8-18/h4-12,17,20H,13-16H2,1-3H3,(H,24,25)/t20-/m1/s1. The van der Waals surface area contributed by atoms with E-state index in [0.29, 0.717) is 18.9 Å². The fraction of sp³-hybridized carbons (Fsp3) is 0.391. The van der Waals surface area contributed by atoms with Crippen molar-refractivity contribution in [1.29, 1.82) is 0 Å². The van der Waals surface area contributed by atoms with Crippen LogP contribution in [-0.4, -0.2) is 31.6 Å². The van der Waals surface area contributed by atoms with Crippen LogP contribution in [0.2, 0.25) is 0 Å². The number of hydrogen-bond acceptors (Lipinski definition) is 4. The number of carbonyl (C=O) groups is 2. The second-order valence-electron chi connectivity index (χ2n) is 7.26. The second kappa shape index (κ2) is 11.1. The Balaban J connectivity index is 1.93. The average Bonchev–Trinajstić information content (AvgIpc) is 2.68. The summed E-state index contributed by atoms with van der Waals surface area (Å²) >= 11 is 0. The van der Waals surface area contributed by atoms with Crippen LogP contribution in [0.4, 0.5) is 0 Å². The molecule has 0 spiro atoms. The van der Waals surface area contributed by atoms with Crippen LogP contribution in [0, 0.1) is 5.92 Å². The molecule has 2 rings (SSSR count). The molecule has 150 valence electrons. The molecule has 5 nitrogen and oxygen atoms in total. The van der Waals surface area contributed by atoms with Crippen LogP contribution < -0.4 is 10.1 Å². The number of hydrogen-bond donors (Lipinski definition) is 1. The number of amides is 1. The number of ether oxygens (including phenoxy) is 2. The lowest BCUT2D eigenvalue weighted by Crippen LogP contribution is -2.39. The van der Waals surface area contributed by atoms with Crippen molar-refractivity contribution in [2.24, 2.45) is 5.92 Å². The van der Waals surface area contributed by atoms with Gasteiger partial charge in [-0.05, 0) is 35.6 Å². The molecule has 1 amide bonds. The minimum Gasteiger partial charge on any atom is -0.493 e. The van der Waals surface area contributed by atoms with E-state index in [-0.39, 0.29) is 30.8 Å². The zero-order valence-corrected chi connectivity index (χ0v) is 16.8. The molecule has 2 aromatic carbocycles. The second-order valence-corrected chi connectivity index (χ2v) is 7.26. The Bertz CT molecular complexity index is 741. The van der Waals surface area contributed by atoms with Gasteiger partial charge in [-0.15, -0.1) is 0 Å². The topological polar surface area (TPSA) is 64.6 Å². The number of benzene rings is 2. The number of esters is 1. The van der Waals surface area contributed by atoms with E-state index >= 15 is 0 Å². The highest BCUT2D eigenvalue weighted by molar-refractivity contribution is 5.80. The fourth-order valence-corrected chi connectivity index (χ4v) is 2.79. The van der Waals surface area contributed by atoms with Crippen molar-refractivity contribution in [1.82, 2.24) is 5.32 Å². The first-order valence-corrected chi connectivity index (χ1v) is 9.58. The molecule has 0 heterocycles. The lowest BCUT2D eigenvalue weighted by molar-refractivity contribution is -0.141. The summed E-state index contributed by atoms with van der Waals surface area (Å²) in [7, 11) is 1.35. The largest absolute Gasteiger partial charge is 0.493 e. The molecule has 0 bridgehead atoms. The normalized spacial score (nSPS) is 11.7. The van der Waals surface area contributed by atoms with Gasteiger partial charge in [0.15, 0.2) is 0 Å². The number of carbonyl (C=O) groups excluding carboxylic acids is 2. The maximum absolute atomic E-state index is 12.5. The molecule has 0 unspecified atom stereocenters. The zero-order chi connectivity index (χ0) is 20.4. The SMILES string of the molecule is COC(=O)C[C@@H](Cc1ccccc1)NC(=O)Cc1ccc(OCC(C)C)cc1. The van der Waals surface area contributed by atoms with Gasteiger partial charge in [0.2, 0.25) is 5.91 Å². The quantitative estimate of drug-likeness (QED) is 0.637. The third-order valence-electron chi connectivity index (χ3n) is 4.20. The van der Waals surface area contributed by atoms with Gasteiger partial charge in [0.05, 0.1) is 26.6 Å². The monoisotopic (exact) mass is 383 g/mol. The zero-order valence-electron chi connectivity index (χ0n) is 16.8. The third-order valence-corrected chi connectivity index (χ3v) is 4.20. The first-order valence-electron chi connectivity index (χ1n) is 9.58. The molecule has 1 atom stereocenters. The molecule has 0 aliphatic rings. The maximum atomic E-state index is 12.5. The molecule has 5 heteroatoms. The molecule has 0 fully saturated rings. The van der Waals surface area contributed by atoms with Crippen LogP contribution in [-0.2, 0) is 27.2 Å². The Morgan fingerprint density at radius 2 is 1.64 bits per heavy atom. The summed E-state index contributed by atoms with van der Waals surface area (Å²) in [4.78, 5) is 24.2. The minimum atomic E-state index is -0.340. The van der Waals surface area contributed by atoms with Gasteiger partial charge in [0, 0.05) is 6.04 Å². The van der Waals surface area contributed by atoms with Crippen molar-refractivity contribution in [3.05, 3.63) is 65.7 Å². The van der Waals surface area contributed by atoms with E-state index in [1.807, 2.05) is 54.6 Å². The Morgan fingerprint density at radius 3 is 2.25 bits per heavy atom. The predicted molar refractivity (Wildman–Crippen MR) is 109 cm³/mol. The molecule has 2 aromatic rings. The van der Waals surface area contributed by atoms with Crippen LogP contribution >= 0.6 is 0 Å². The van der Waals surface area contributed by atoms with E-state index in [4.69, 9.17) is 9.47 Å². The molecule has 0 saturated carbocycles. The van der Waals surface area contributed by atoms with E-state index in [9.17, 15) is 9.59 Å². The molecular formula is C23H29NO4. The smallest absolute Gasteiger partial charge is 0.307 e. The molecule has 0 aliphatic carbocycles. The van der Waals surface area contributed by atoms with Crippen molar-refractivity contribution in [3.63, 3.8) is 0 Å². The van der Waals surface area contributed by atoms with Crippen molar-refractivity contribution in [2.45, 2.75) is 39.2 Å². The van der Waals surface area contributed by atoms with E-state index in [1.54, 1.807) is 0 Å². The van der Waals surface area contributed by atoms with Crippen LogP contribution in [0.1, 0.15) is 31.4 Å². The van der Waals surface area contributed by atoms with Gasteiger partial charge < -0.3 is 14.8 Å². The van der Waals surface area contributed by atoms with E-state index < -0.39 is 0 Å². The lowest BCUT2D eigenvalue weighted by atomic mass is 10.0. The summed E-state index contributed by atoms with van der Waals surface area (Å²) in [6, 6.07) is 17.0. The van der Waals surface area contributed by atoms with Gasteiger partial charge in [0.25, 0.3) is 0 Å². The van der Waals surface area contributed by atoms with Crippen LogP contribution in [0.15, 0.2) is 54.6 Å². The van der Waals surface area contributed by atoms with Crippen molar-refractivity contribution in [3.8, 4) is 5.75 Å². The molecule has 0 aromatic heterocycles. The molecule has 1 N–H and O–H groups in total. The highest BCUT2D eigenvalue weighted by Gasteiger charge is 2.18. The van der Waals surface area contributed by atoms with Gasteiger partial charge >= 0.3 is 5.97 Å². The minimum absolute atomic E-state index is 0.124. The predicted octanol–water partition coefficient (Wildman–Crippen LogP) is 3.55.